The van der Waals surface area contributed by atoms with Crippen molar-refractivity contribution in [3.63, 3.8) is 0 Å². The molecule has 0 aliphatic rings. The van der Waals surface area contributed by atoms with Gasteiger partial charge in [0.15, 0.2) is 11.5 Å². The van der Waals surface area contributed by atoms with Crippen molar-refractivity contribution in [2.24, 2.45) is 12.8 Å². The van der Waals surface area contributed by atoms with Gasteiger partial charge in [-0.15, -0.1) is 0 Å². The number of primary amides is 1. The average molecular weight is 365 g/mol. The maximum atomic E-state index is 11.9. The monoisotopic (exact) mass is 364 g/mol. The molecule has 1 amide bonds. The number of carbonyl (C=O) groups excluding carboxylic acids is 1. The van der Waals surface area contributed by atoms with Crippen LogP contribution in [0.25, 0.3) is 11.3 Å². The molecule has 0 bridgehead atoms. The number of hydrogen-bond acceptors (Lipinski definition) is 3. The van der Waals surface area contributed by atoms with Gasteiger partial charge >= 0.3 is 0 Å². The Morgan fingerprint density at radius 2 is 1.96 bits per heavy atom. The first-order valence-electron chi connectivity index (χ1n) is 7.95. The number of aromatic nitrogens is 3. The summed E-state index contributed by atoms with van der Waals surface area (Å²) < 4.78 is 1.75. The van der Waals surface area contributed by atoms with E-state index in [2.05, 4.69) is 21.8 Å². The summed E-state index contributed by atoms with van der Waals surface area (Å²) in [5, 5.41) is 0.654. The molecule has 26 heavy (non-hydrogen) atoms. The Morgan fingerprint density at radius 3 is 2.62 bits per heavy atom. The zero-order chi connectivity index (χ0) is 18.8. The lowest BCUT2D eigenvalue weighted by atomic mass is 10.1. The van der Waals surface area contributed by atoms with E-state index in [1.54, 1.807) is 17.8 Å². The third kappa shape index (κ3) is 3.32. The highest BCUT2D eigenvalue weighted by Gasteiger charge is 2.19. The van der Waals surface area contributed by atoms with Crippen molar-refractivity contribution in [1.29, 1.82) is 0 Å². The zero-order valence-corrected chi connectivity index (χ0v) is 15.4. The van der Waals surface area contributed by atoms with Crippen molar-refractivity contribution < 1.29 is 4.79 Å². The number of hydrogen-bond donors (Lipinski definition) is 1. The molecule has 5 nitrogen and oxygen atoms in total. The second-order valence-electron chi connectivity index (χ2n) is 5.91. The first kappa shape index (κ1) is 17.7. The molecule has 0 aliphatic heterocycles. The van der Waals surface area contributed by atoms with E-state index < -0.39 is 5.91 Å². The number of nitrogens with two attached hydrogens (primary N) is 1. The van der Waals surface area contributed by atoms with Crippen molar-refractivity contribution in [2.45, 2.75) is 13.8 Å². The number of imidazole rings is 1. The van der Waals surface area contributed by atoms with E-state index >= 15 is 0 Å². The van der Waals surface area contributed by atoms with Crippen molar-refractivity contribution in [1.82, 2.24) is 14.5 Å². The van der Waals surface area contributed by atoms with E-state index in [4.69, 9.17) is 17.3 Å². The van der Waals surface area contributed by atoms with E-state index in [1.807, 2.05) is 44.2 Å². The number of benzene rings is 1. The summed E-state index contributed by atoms with van der Waals surface area (Å²) in [7, 11) is 1.80. The van der Waals surface area contributed by atoms with Crippen molar-refractivity contribution in [2.75, 3.05) is 0 Å². The van der Waals surface area contributed by atoms with E-state index in [0.29, 0.717) is 16.5 Å². The molecule has 0 unspecified atom stereocenters. The molecule has 1 aromatic carbocycles. The molecule has 2 heterocycles. The lowest BCUT2D eigenvalue weighted by Crippen LogP contribution is -2.13. The van der Waals surface area contributed by atoms with Crippen LogP contribution in [0, 0.1) is 25.7 Å². The smallest absolute Gasteiger partial charge is 0.269 e. The Balaban J connectivity index is 2.12. The third-order valence-corrected chi connectivity index (χ3v) is 4.50. The van der Waals surface area contributed by atoms with Crippen LogP contribution in [0.3, 0.4) is 0 Å². The minimum absolute atomic E-state index is 0.172. The second-order valence-corrected chi connectivity index (χ2v) is 6.31. The predicted molar refractivity (Wildman–Crippen MR) is 102 cm³/mol. The highest BCUT2D eigenvalue weighted by Crippen LogP contribution is 2.24. The molecule has 3 rings (SSSR count). The van der Waals surface area contributed by atoms with Gasteiger partial charge in [-0.05, 0) is 49.6 Å². The summed E-state index contributed by atoms with van der Waals surface area (Å²) in [6, 6.07) is 9.29. The quantitative estimate of drug-likeness (QED) is 0.709. The fourth-order valence-corrected chi connectivity index (χ4v) is 2.76. The number of rotatable bonds is 2. The Bertz CT molecular complexity index is 1060. The van der Waals surface area contributed by atoms with Gasteiger partial charge in [-0.2, -0.15) is 0 Å². The molecule has 0 aliphatic carbocycles. The molecule has 0 fully saturated rings. The lowest BCUT2D eigenvalue weighted by Gasteiger charge is -2.05. The number of nitrogens with zero attached hydrogens (tertiary/aromatic N) is 3. The molecule has 0 atom stereocenters. The SMILES string of the molecule is Cc1ccc(-c2c(C(N)=O)nc(C#Cc3cccc(Cl)c3C)n2C)cn1. The normalized spacial score (nSPS) is 10.3. The predicted octanol–water partition coefficient (Wildman–Crippen LogP) is 3.25. The van der Waals surface area contributed by atoms with Crippen LogP contribution in [0.5, 0.6) is 0 Å². The second kappa shape index (κ2) is 7.03. The van der Waals surface area contributed by atoms with E-state index in [0.717, 1.165) is 22.4 Å². The Kier molecular flexibility index (Phi) is 4.79. The van der Waals surface area contributed by atoms with E-state index in [9.17, 15) is 4.79 Å². The number of pyridine rings is 1. The molecule has 0 saturated heterocycles. The molecular formula is C20H17ClN4O. The Labute approximate surface area is 156 Å². The van der Waals surface area contributed by atoms with Gasteiger partial charge in [0.05, 0.1) is 5.69 Å². The average Bonchev–Trinajstić information content (AvgIpc) is 2.94. The minimum Gasteiger partial charge on any atom is -0.364 e. The zero-order valence-electron chi connectivity index (χ0n) is 14.7. The molecule has 2 N–H and O–H groups in total. The summed E-state index contributed by atoms with van der Waals surface area (Å²) in [4.78, 5) is 20.5. The number of amides is 1. The standard InChI is InChI=1S/C20H17ClN4O/c1-12-7-8-15(11-23-12)19-18(20(22)26)24-17(25(19)3)10-9-14-5-4-6-16(21)13(14)2/h4-8,11H,1-3H3,(H2,22,26). The third-order valence-electron chi connectivity index (χ3n) is 4.09. The summed E-state index contributed by atoms with van der Waals surface area (Å²) in [6.45, 7) is 3.80. The number of halogens is 1. The fourth-order valence-electron chi connectivity index (χ4n) is 2.59. The number of carbonyl (C=O) groups is 1. The maximum Gasteiger partial charge on any atom is 0.269 e. The van der Waals surface area contributed by atoms with Crippen LogP contribution in [-0.2, 0) is 7.05 Å². The van der Waals surface area contributed by atoms with Gasteiger partial charge in [0.1, 0.15) is 0 Å². The molecule has 130 valence electrons. The maximum absolute atomic E-state index is 11.9. The summed E-state index contributed by atoms with van der Waals surface area (Å²) in [5.41, 5.74) is 9.62. The van der Waals surface area contributed by atoms with Crippen LogP contribution in [0.1, 0.15) is 33.1 Å². The Hall–Kier alpha value is -3.10. The first-order valence-corrected chi connectivity index (χ1v) is 8.33. The van der Waals surface area contributed by atoms with Gasteiger partial charge in [-0.1, -0.05) is 23.6 Å². The highest BCUT2D eigenvalue weighted by molar-refractivity contribution is 6.31. The van der Waals surface area contributed by atoms with Gasteiger partial charge < -0.3 is 10.3 Å². The highest BCUT2D eigenvalue weighted by atomic mass is 35.5. The molecule has 6 heteroatoms. The van der Waals surface area contributed by atoms with Crippen LogP contribution in [0.2, 0.25) is 5.02 Å². The van der Waals surface area contributed by atoms with E-state index in [1.165, 1.54) is 0 Å². The molecule has 2 aromatic heterocycles. The molecule has 0 spiro atoms. The summed E-state index contributed by atoms with van der Waals surface area (Å²) >= 11 is 6.13. The van der Waals surface area contributed by atoms with Gasteiger partial charge in [0, 0.05) is 35.1 Å². The summed E-state index contributed by atoms with van der Waals surface area (Å²) in [6.07, 6.45) is 1.69. The van der Waals surface area contributed by atoms with Gasteiger partial charge in [-0.3, -0.25) is 9.78 Å². The molecular weight excluding hydrogens is 348 g/mol. The fraction of sp³-hybridized carbons (Fsp3) is 0.150. The minimum atomic E-state index is -0.608. The van der Waals surface area contributed by atoms with Crippen molar-refractivity contribution in [3.8, 4) is 23.1 Å². The first-order chi connectivity index (χ1) is 12.4. The molecule has 0 saturated carbocycles. The lowest BCUT2D eigenvalue weighted by molar-refractivity contribution is 0.0996. The summed E-state index contributed by atoms with van der Waals surface area (Å²) in [5.74, 6) is 5.91. The Morgan fingerprint density at radius 1 is 1.19 bits per heavy atom. The van der Waals surface area contributed by atoms with Gasteiger partial charge in [0.25, 0.3) is 5.91 Å². The van der Waals surface area contributed by atoms with Crippen LogP contribution >= 0.6 is 11.6 Å². The van der Waals surface area contributed by atoms with Crippen molar-refractivity contribution >= 4 is 17.5 Å². The van der Waals surface area contributed by atoms with Crippen LogP contribution < -0.4 is 5.73 Å². The van der Waals surface area contributed by atoms with Crippen LogP contribution in [-0.4, -0.2) is 20.4 Å². The van der Waals surface area contributed by atoms with Gasteiger partial charge in [0.2, 0.25) is 0 Å². The van der Waals surface area contributed by atoms with Crippen LogP contribution in [0.15, 0.2) is 36.5 Å². The topological polar surface area (TPSA) is 73.8 Å². The largest absolute Gasteiger partial charge is 0.364 e. The van der Waals surface area contributed by atoms with E-state index in [-0.39, 0.29) is 5.69 Å². The number of aryl methyl sites for hydroxylation is 1. The molecule has 0 radical (unpaired) electrons. The van der Waals surface area contributed by atoms with Crippen LogP contribution in [0.4, 0.5) is 0 Å². The van der Waals surface area contributed by atoms with Crippen molar-refractivity contribution in [3.05, 3.63) is 69.9 Å². The van der Waals surface area contributed by atoms with Gasteiger partial charge in [-0.25, -0.2) is 4.98 Å². The molecule has 3 aromatic rings.